The van der Waals surface area contributed by atoms with Gasteiger partial charge < -0.3 is 30.3 Å². The second kappa shape index (κ2) is 17.7. The second-order valence-electron chi connectivity index (χ2n) is 6.47. The largest absolute Gasteiger partial charge is 1.00 e. The molecular weight excluding hydrogens is 597 g/mol. The van der Waals surface area contributed by atoms with E-state index >= 15 is 0 Å². The Hall–Kier alpha value is -0.1000. The molecule has 3 aromatic rings. The average Bonchev–Trinajstić information content (AvgIpc) is 2.77. The van der Waals surface area contributed by atoms with Gasteiger partial charge in [-0.25, -0.2) is 16.8 Å². The van der Waals surface area contributed by atoms with Gasteiger partial charge in [0.2, 0.25) is 17.8 Å². The van der Waals surface area contributed by atoms with E-state index in [-0.39, 0.29) is 113 Å². The molecular formula is C17H15N6Na3O9S3. The molecule has 188 valence electrons. The SMILES string of the molecule is O=S(=O)([O-])CCNc1nc(Nc2ccc(SOO[O-])cc2)nc(Nc2ccc(S(=O)(=O)[O-])cc2)n1.[Na+].[Na+].[Na+]. The van der Waals surface area contributed by atoms with E-state index in [0.29, 0.717) is 28.3 Å². The summed E-state index contributed by atoms with van der Waals surface area (Å²) < 4.78 is 70.1. The van der Waals surface area contributed by atoms with Gasteiger partial charge in [-0.2, -0.15) is 19.3 Å². The summed E-state index contributed by atoms with van der Waals surface area (Å²) in [6.45, 7) is -0.265. The Morgan fingerprint density at radius 3 is 1.68 bits per heavy atom. The minimum absolute atomic E-state index is 0. The normalized spacial score (nSPS) is 10.8. The average molecular weight is 613 g/mol. The van der Waals surface area contributed by atoms with E-state index in [2.05, 4.69) is 40.3 Å². The van der Waals surface area contributed by atoms with Crippen LogP contribution in [-0.4, -0.2) is 53.2 Å². The predicted molar refractivity (Wildman–Crippen MR) is 118 cm³/mol. The Labute approximate surface area is 288 Å². The third-order valence-corrected chi connectivity index (χ3v) is 6.08. The van der Waals surface area contributed by atoms with Gasteiger partial charge in [0.25, 0.3) is 0 Å². The number of aromatic nitrogens is 3. The van der Waals surface area contributed by atoms with E-state index in [9.17, 15) is 31.2 Å². The number of rotatable bonds is 12. The second-order valence-corrected chi connectivity index (χ2v) is 10.1. The van der Waals surface area contributed by atoms with Crippen LogP contribution in [0.1, 0.15) is 0 Å². The van der Waals surface area contributed by atoms with E-state index in [1.807, 2.05) is 0 Å². The van der Waals surface area contributed by atoms with Crippen LogP contribution < -0.4 is 110 Å². The fraction of sp³-hybridized carbons (Fsp3) is 0.118. The number of benzene rings is 2. The minimum Gasteiger partial charge on any atom is -0.748 e. The van der Waals surface area contributed by atoms with Crippen molar-refractivity contribution in [3.8, 4) is 0 Å². The maximum atomic E-state index is 11.1. The molecule has 15 nitrogen and oxygen atoms in total. The van der Waals surface area contributed by atoms with Crippen LogP contribution in [0.5, 0.6) is 0 Å². The Morgan fingerprint density at radius 1 is 0.763 bits per heavy atom. The van der Waals surface area contributed by atoms with Crippen molar-refractivity contribution in [1.82, 2.24) is 15.0 Å². The Kier molecular flexibility index (Phi) is 17.6. The van der Waals surface area contributed by atoms with Gasteiger partial charge in [0.1, 0.15) is 10.1 Å². The van der Waals surface area contributed by atoms with Gasteiger partial charge in [0, 0.05) is 22.8 Å². The molecule has 1 aromatic heterocycles. The smallest absolute Gasteiger partial charge is 0.748 e. The molecule has 0 saturated carbocycles. The molecule has 2 aromatic carbocycles. The van der Waals surface area contributed by atoms with Crippen LogP contribution in [0.2, 0.25) is 0 Å². The zero-order chi connectivity index (χ0) is 25.5. The third-order valence-electron chi connectivity index (χ3n) is 3.94. The molecule has 0 spiro atoms. The Morgan fingerprint density at radius 2 is 1.24 bits per heavy atom. The monoisotopic (exact) mass is 612 g/mol. The molecule has 0 aliphatic carbocycles. The zero-order valence-electron chi connectivity index (χ0n) is 20.3. The summed E-state index contributed by atoms with van der Waals surface area (Å²) in [6.07, 6.45) is 0. The fourth-order valence-electron chi connectivity index (χ4n) is 2.46. The number of nitrogens with one attached hydrogen (secondary N) is 3. The predicted octanol–water partition coefficient (Wildman–Crippen LogP) is -8.54. The van der Waals surface area contributed by atoms with Crippen LogP contribution >= 0.6 is 12.0 Å². The van der Waals surface area contributed by atoms with E-state index in [1.54, 1.807) is 24.3 Å². The van der Waals surface area contributed by atoms with Crippen molar-refractivity contribution in [2.24, 2.45) is 0 Å². The van der Waals surface area contributed by atoms with Crippen molar-refractivity contribution < 1.29 is 129 Å². The Bertz CT molecular complexity index is 1370. The Balaban J connectivity index is 0.00000456. The molecule has 0 aliphatic heterocycles. The van der Waals surface area contributed by atoms with Gasteiger partial charge in [0.05, 0.1) is 32.8 Å². The molecule has 0 bridgehead atoms. The molecule has 1 heterocycles. The van der Waals surface area contributed by atoms with Crippen molar-refractivity contribution in [2.45, 2.75) is 9.79 Å². The topological polar surface area (TPSA) is 231 Å². The number of hydrogen-bond donors (Lipinski definition) is 3. The summed E-state index contributed by atoms with van der Waals surface area (Å²) >= 11 is 0.699. The molecule has 0 aliphatic rings. The molecule has 38 heavy (non-hydrogen) atoms. The summed E-state index contributed by atoms with van der Waals surface area (Å²) in [5.74, 6) is -0.779. The quantitative estimate of drug-likeness (QED) is 0.0567. The van der Waals surface area contributed by atoms with Crippen molar-refractivity contribution in [3.05, 3.63) is 48.5 Å². The molecule has 3 N–H and O–H groups in total. The van der Waals surface area contributed by atoms with Crippen LogP contribution in [0.4, 0.5) is 29.2 Å². The van der Waals surface area contributed by atoms with Crippen LogP contribution in [0.15, 0.2) is 58.3 Å². The summed E-state index contributed by atoms with van der Waals surface area (Å²) in [5, 5.41) is 21.5. The first-order valence-electron chi connectivity index (χ1n) is 9.28. The molecule has 0 radical (unpaired) electrons. The minimum atomic E-state index is -4.62. The molecule has 0 amide bonds. The maximum absolute atomic E-state index is 11.1. The van der Waals surface area contributed by atoms with Gasteiger partial charge >= 0.3 is 88.7 Å². The van der Waals surface area contributed by atoms with Gasteiger partial charge in [0.15, 0.2) is 0 Å². The zero-order valence-corrected chi connectivity index (χ0v) is 28.7. The summed E-state index contributed by atoms with van der Waals surface area (Å²) in [7, 11) is -9.09. The molecule has 0 saturated heterocycles. The summed E-state index contributed by atoms with van der Waals surface area (Å²) in [5.41, 5.74) is 0.859. The first kappa shape index (κ1) is 37.9. The molecule has 21 heteroatoms. The summed E-state index contributed by atoms with van der Waals surface area (Å²) in [4.78, 5) is 12.5. The first-order chi connectivity index (χ1) is 16.5. The van der Waals surface area contributed by atoms with Crippen LogP contribution in [0.3, 0.4) is 0 Å². The van der Waals surface area contributed by atoms with Crippen LogP contribution in [-0.2, 0) is 29.6 Å². The number of anilines is 5. The first-order valence-corrected chi connectivity index (χ1v) is 13.0. The standard InChI is InChI=1S/C17H18N6O9S3.3Na/c24-31-32-33-13-5-1-11(2-6-13)19-16-21-15(18-9-10-34(25,26)27)22-17(23-16)20-12-3-7-14(8-4-12)35(28,29)30;;;/h1-8,24H,9-10H2,(H,25,26,27)(H,28,29,30)(H3,18,19,20,21,22,23);;;/q;3*+1/p-3. The molecule has 0 unspecified atom stereocenters. The van der Waals surface area contributed by atoms with Crippen molar-refractivity contribution >= 4 is 61.5 Å². The van der Waals surface area contributed by atoms with Crippen LogP contribution in [0, 0.1) is 0 Å². The van der Waals surface area contributed by atoms with E-state index in [4.69, 9.17) is 0 Å². The van der Waals surface area contributed by atoms with Gasteiger partial charge in [-0.3, -0.25) is 5.04 Å². The van der Waals surface area contributed by atoms with Crippen molar-refractivity contribution in [2.75, 3.05) is 28.2 Å². The van der Waals surface area contributed by atoms with Crippen molar-refractivity contribution in [3.63, 3.8) is 0 Å². The van der Waals surface area contributed by atoms with E-state index in [1.165, 1.54) is 12.1 Å². The maximum Gasteiger partial charge on any atom is 1.00 e. The van der Waals surface area contributed by atoms with Crippen LogP contribution in [0.25, 0.3) is 0 Å². The van der Waals surface area contributed by atoms with Gasteiger partial charge in [-0.05, 0) is 48.5 Å². The van der Waals surface area contributed by atoms with E-state index in [0.717, 1.165) is 12.1 Å². The van der Waals surface area contributed by atoms with Crippen molar-refractivity contribution in [1.29, 1.82) is 0 Å². The fourth-order valence-corrected chi connectivity index (χ4v) is 3.64. The third kappa shape index (κ3) is 13.5. The number of nitrogens with zero attached hydrogens (tertiary/aromatic N) is 3. The molecule has 3 rings (SSSR count). The molecule has 0 atom stereocenters. The molecule has 0 fully saturated rings. The van der Waals surface area contributed by atoms with Gasteiger partial charge in [-0.1, -0.05) is 0 Å². The summed E-state index contributed by atoms with van der Waals surface area (Å²) in [6, 6.07) is 11.3. The number of hydrogen-bond acceptors (Lipinski definition) is 16. The van der Waals surface area contributed by atoms with Gasteiger partial charge in [-0.15, -0.1) is 0 Å². The van der Waals surface area contributed by atoms with E-state index < -0.39 is 30.9 Å².